The Labute approximate surface area is 120 Å². The van der Waals surface area contributed by atoms with E-state index < -0.39 is 0 Å². The van der Waals surface area contributed by atoms with Crippen molar-refractivity contribution in [1.29, 1.82) is 0 Å². The molecule has 0 saturated carbocycles. The summed E-state index contributed by atoms with van der Waals surface area (Å²) in [6.45, 7) is 4.51. The van der Waals surface area contributed by atoms with Gasteiger partial charge in [-0.15, -0.1) is 0 Å². The summed E-state index contributed by atoms with van der Waals surface area (Å²) in [6, 6.07) is 6.61. The monoisotopic (exact) mass is 278 g/mol. The van der Waals surface area contributed by atoms with Gasteiger partial charge in [-0.1, -0.05) is 12.1 Å². The van der Waals surface area contributed by atoms with Crippen LogP contribution in [0.15, 0.2) is 24.3 Å². The third-order valence-electron chi connectivity index (χ3n) is 3.87. The zero-order valence-electron chi connectivity index (χ0n) is 12.1. The molecule has 1 atom stereocenters. The Kier molecular flexibility index (Phi) is 5.53. The number of carbonyl (C=O) groups is 1. The Bertz CT molecular complexity index is 427. The number of hydrogen-bond donors (Lipinski definition) is 1. The highest BCUT2D eigenvalue weighted by Crippen LogP contribution is 2.13. The maximum Gasteiger partial charge on any atom is 0.223 e. The molecule has 1 aromatic rings. The number of likely N-dealkylation sites (tertiary alicyclic amines) is 1. The van der Waals surface area contributed by atoms with Gasteiger partial charge in [0.2, 0.25) is 5.91 Å². The molecular formula is C16H23FN2O. The molecule has 0 spiro atoms. The van der Waals surface area contributed by atoms with Gasteiger partial charge in [-0.2, -0.15) is 0 Å². The molecule has 0 bridgehead atoms. The lowest BCUT2D eigenvalue weighted by molar-refractivity contribution is -0.132. The molecule has 1 aromatic carbocycles. The lowest BCUT2D eigenvalue weighted by atomic mass is 10.1. The molecule has 0 radical (unpaired) electrons. The van der Waals surface area contributed by atoms with Crippen LogP contribution in [0.3, 0.4) is 0 Å². The summed E-state index contributed by atoms with van der Waals surface area (Å²) in [6.07, 6.45) is 4.03. The highest BCUT2D eigenvalue weighted by atomic mass is 19.1. The summed E-state index contributed by atoms with van der Waals surface area (Å²) in [5, 5.41) is 3.32. The van der Waals surface area contributed by atoms with Crippen molar-refractivity contribution in [2.75, 3.05) is 19.6 Å². The van der Waals surface area contributed by atoms with Crippen molar-refractivity contribution in [3.63, 3.8) is 0 Å². The second-order valence-electron chi connectivity index (χ2n) is 5.42. The van der Waals surface area contributed by atoms with Crippen LogP contribution >= 0.6 is 0 Å². The van der Waals surface area contributed by atoms with Crippen LogP contribution in [0.25, 0.3) is 0 Å². The summed E-state index contributed by atoms with van der Waals surface area (Å²) in [7, 11) is 0. The topological polar surface area (TPSA) is 32.3 Å². The summed E-state index contributed by atoms with van der Waals surface area (Å²) in [4.78, 5) is 14.0. The zero-order valence-corrected chi connectivity index (χ0v) is 12.1. The van der Waals surface area contributed by atoms with Crippen molar-refractivity contribution in [3.8, 4) is 0 Å². The fourth-order valence-corrected chi connectivity index (χ4v) is 2.57. The minimum atomic E-state index is -0.221. The summed E-state index contributed by atoms with van der Waals surface area (Å²) in [5.74, 6) is 0.0183. The Morgan fingerprint density at radius 3 is 2.55 bits per heavy atom. The third-order valence-corrected chi connectivity index (χ3v) is 3.87. The van der Waals surface area contributed by atoms with Crippen LogP contribution in [0.2, 0.25) is 0 Å². The number of nitrogens with one attached hydrogen (secondary N) is 1. The van der Waals surface area contributed by atoms with Gasteiger partial charge in [-0.05, 0) is 43.9 Å². The van der Waals surface area contributed by atoms with Crippen LogP contribution in [-0.4, -0.2) is 30.4 Å². The Morgan fingerprint density at radius 1 is 1.25 bits per heavy atom. The van der Waals surface area contributed by atoms with Crippen LogP contribution < -0.4 is 5.32 Å². The van der Waals surface area contributed by atoms with Gasteiger partial charge in [0.1, 0.15) is 5.82 Å². The van der Waals surface area contributed by atoms with Gasteiger partial charge in [0, 0.05) is 32.1 Å². The second kappa shape index (κ2) is 7.39. The van der Waals surface area contributed by atoms with Gasteiger partial charge in [-0.3, -0.25) is 4.79 Å². The molecule has 1 fully saturated rings. The number of rotatable bonds is 5. The maximum absolute atomic E-state index is 12.8. The van der Waals surface area contributed by atoms with E-state index in [1.807, 2.05) is 11.8 Å². The van der Waals surface area contributed by atoms with Crippen LogP contribution in [-0.2, 0) is 4.79 Å². The van der Waals surface area contributed by atoms with Crippen molar-refractivity contribution in [3.05, 3.63) is 35.6 Å². The van der Waals surface area contributed by atoms with E-state index >= 15 is 0 Å². The van der Waals surface area contributed by atoms with Crippen LogP contribution in [0, 0.1) is 5.82 Å². The van der Waals surface area contributed by atoms with E-state index in [1.54, 1.807) is 12.1 Å². The molecule has 20 heavy (non-hydrogen) atoms. The number of amides is 1. The largest absolute Gasteiger partial charge is 0.343 e. The molecule has 1 heterocycles. The van der Waals surface area contributed by atoms with Crippen LogP contribution in [0.4, 0.5) is 4.39 Å². The van der Waals surface area contributed by atoms with Gasteiger partial charge in [0.15, 0.2) is 0 Å². The third kappa shape index (κ3) is 4.30. The maximum atomic E-state index is 12.8. The van der Waals surface area contributed by atoms with Crippen molar-refractivity contribution < 1.29 is 9.18 Å². The Balaban J connectivity index is 1.72. The number of halogens is 1. The van der Waals surface area contributed by atoms with E-state index in [4.69, 9.17) is 0 Å². The van der Waals surface area contributed by atoms with E-state index in [0.29, 0.717) is 13.0 Å². The molecule has 1 aliphatic heterocycles. The molecule has 1 aliphatic rings. The summed E-state index contributed by atoms with van der Waals surface area (Å²) in [5.41, 5.74) is 1.04. The standard InChI is InChI=1S/C16H23FN2O/c1-13(14-5-7-15(17)8-6-14)18-10-9-16(20)19-11-3-2-4-12-19/h5-8,13,18H,2-4,9-12H2,1H3. The van der Waals surface area contributed by atoms with E-state index in [1.165, 1.54) is 18.6 Å². The molecular weight excluding hydrogens is 255 g/mol. The lowest BCUT2D eigenvalue weighted by Crippen LogP contribution is -2.37. The van der Waals surface area contributed by atoms with Gasteiger partial charge in [-0.25, -0.2) is 4.39 Å². The average molecular weight is 278 g/mol. The molecule has 110 valence electrons. The minimum Gasteiger partial charge on any atom is -0.343 e. The predicted octanol–water partition coefficient (Wildman–Crippen LogP) is 2.88. The molecule has 1 unspecified atom stereocenters. The van der Waals surface area contributed by atoms with Crippen molar-refractivity contribution in [2.24, 2.45) is 0 Å². The first-order chi connectivity index (χ1) is 9.66. The van der Waals surface area contributed by atoms with E-state index in [2.05, 4.69) is 5.32 Å². The first kappa shape index (κ1) is 15.0. The van der Waals surface area contributed by atoms with Gasteiger partial charge < -0.3 is 10.2 Å². The highest BCUT2D eigenvalue weighted by molar-refractivity contribution is 5.76. The highest BCUT2D eigenvalue weighted by Gasteiger charge is 2.16. The number of hydrogen-bond acceptors (Lipinski definition) is 2. The quantitative estimate of drug-likeness (QED) is 0.898. The first-order valence-electron chi connectivity index (χ1n) is 7.43. The van der Waals surface area contributed by atoms with Gasteiger partial charge in [0.25, 0.3) is 0 Å². The molecule has 3 nitrogen and oxygen atoms in total. The number of piperidine rings is 1. The van der Waals surface area contributed by atoms with Crippen molar-refractivity contribution in [1.82, 2.24) is 10.2 Å². The SMILES string of the molecule is CC(NCCC(=O)N1CCCCC1)c1ccc(F)cc1. The van der Waals surface area contributed by atoms with Crippen LogP contribution in [0.5, 0.6) is 0 Å². The smallest absolute Gasteiger partial charge is 0.223 e. The fraction of sp³-hybridized carbons (Fsp3) is 0.562. The van der Waals surface area contributed by atoms with Crippen LogP contribution in [0.1, 0.15) is 44.2 Å². The fourth-order valence-electron chi connectivity index (χ4n) is 2.57. The summed E-state index contributed by atoms with van der Waals surface area (Å²) < 4.78 is 12.8. The molecule has 1 amide bonds. The first-order valence-corrected chi connectivity index (χ1v) is 7.43. The number of benzene rings is 1. The van der Waals surface area contributed by atoms with E-state index in [9.17, 15) is 9.18 Å². The van der Waals surface area contributed by atoms with Crippen molar-refractivity contribution in [2.45, 2.75) is 38.6 Å². The molecule has 4 heteroatoms. The van der Waals surface area contributed by atoms with Gasteiger partial charge in [0.05, 0.1) is 0 Å². The van der Waals surface area contributed by atoms with Crippen molar-refractivity contribution >= 4 is 5.91 Å². The molecule has 0 aliphatic carbocycles. The average Bonchev–Trinajstić information content (AvgIpc) is 2.48. The van der Waals surface area contributed by atoms with E-state index in [-0.39, 0.29) is 17.8 Å². The molecule has 1 N–H and O–H groups in total. The molecule has 0 aromatic heterocycles. The summed E-state index contributed by atoms with van der Waals surface area (Å²) >= 11 is 0. The molecule has 1 saturated heterocycles. The number of carbonyl (C=O) groups excluding carboxylic acids is 1. The number of nitrogens with zero attached hydrogens (tertiary/aromatic N) is 1. The molecule has 2 rings (SSSR count). The Morgan fingerprint density at radius 2 is 1.90 bits per heavy atom. The second-order valence-corrected chi connectivity index (χ2v) is 5.42. The van der Waals surface area contributed by atoms with E-state index in [0.717, 1.165) is 31.5 Å². The lowest BCUT2D eigenvalue weighted by Gasteiger charge is -2.27. The normalized spacial score (nSPS) is 17.0. The zero-order chi connectivity index (χ0) is 14.4. The van der Waals surface area contributed by atoms with Gasteiger partial charge >= 0.3 is 0 Å². The Hall–Kier alpha value is -1.42. The minimum absolute atomic E-state index is 0.129. The predicted molar refractivity (Wildman–Crippen MR) is 77.9 cm³/mol.